The van der Waals surface area contributed by atoms with Gasteiger partial charge in [-0.05, 0) is 26.0 Å². The molecule has 0 bridgehead atoms. The largest absolute Gasteiger partial charge is 0.465 e. The van der Waals surface area contributed by atoms with E-state index in [-0.39, 0.29) is 11.9 Å². The number of nitrogens with zero attached hydrogens (tertiary/aromatic N) is 1. The molecule has 0 aliphatic heterocycles. The zero-order valence-electron chi connectivity index (χ0n) is 10.7. The van der Waals surface area contributed by atoms with Crippen molar-refractivity contribution in [1.29, 1.82) is 0 Å². The number of rotatable bonds is 4. The van der Waals surface area contributed by atoms with Gasteiger partial charge < -0.3 is 4.74 Å². The first-order chi connectivity index (χ1) is 9.11. The minimum Gasteiger partial charge on any atom is -0.465 e. The Morgan fingerprint density at radius 3 is 2.74 bits per heavy atom. The van der Waals surface area contributed by atoms with Crippen LogP contribution >= 0.6 is 22.9 Å². The van der Waals surface area contributed by atoms with E-state index in [9.17, 15) is 4.79 Å². The highest BCUT2D eigenvalue weighted by molar-refractivity contribution is 7.13. The molecule has 0 amide bonds. The van der Waals surface area contributed by atoms with Gasteiger partial charge in [0.2, 0.25) is 0 Å². The summed E-state index contributed by atoms with van der Waals surface area (Å²) in [5.41, 5.74) is 1.74. The molecule has 1 aromatic carbocycles. The number of benzene rings is 1. The molecule has 0 spiro atoms. The van der Waals surface area contributed by atoms with Gasteiger partial charge in [0.15, 0.2) is 0 Å². The first-order valence-electron chi connectivity index (χ1n) is 5.99. The Kier molecular flexibility index (Phi) is 4.56. The lowest BCUT2D eigenvalue weighted by Crippen LogP contribution is -2.13. The smallest absolute Gasteiger partial charge is 0.314 e. The molecule has 19 heavy (non-hydrogen) atoms. The fraction of sp³-hybridized carbons (Fsp3) is 0.286. The number of carbonyl (C=O) groups excluding carboxylic acids is 1. The molecule has 0 aliphatic rings. The molecule has 3 nitrogen and oxygen atoms in total. The molecule has 5 heteroatoms. The molecule has 1 unspecified atom stereocenters. The fourth-order valence-electron chi connectivity index (χ4n) is 1.60. The predicted octanol–water partition coefficient (Wildman–Crippen LogP) is 4.13. The first kappa shape index (κ1) is 14.0. The van der Waals surface area contributed by atoms with Gasteiger partial charge in [0.05, 0.1) is 18.2 Å². The maximum atomic E-state index is 11.7. The van der Waals surface area contributed by atoms with Crippen molar-refractivity contribution in [3.63, 3.8) is 0 Å². The van der Waals surface area contributed by atoms with Crippen LogP contribution in [0.2, 0.25) is 5.02 Å². The lowest BCUT2D eigenvalue weighted by Gasteiger charge is -2.07. The number of aromatic nitrogens is 1. The Morgan fingerprint density at radius 1 is 1.42 bits per heavy atom. The van der Waals surface area contributed by atoms with Crippen molar-refractivity contribution >= 4 is 28.9 Å². The highest BCUT2D eigenvalue weighted by atomic mass is 35.5. The SMILES string of the molecule is CCOC(=O)C(C)c1csc(-c2ccc(Cl)cc2)n1. The summed E-state index contributed by atoms with van der Waals surface area (Å²) in [6, 6.07) is 7.49. The molecule has 0 radical (unpaired) electrons. The van der Waals surface area contributed by atoms with Crippen LogP contribution in [0.5, 0.6) is 0 Å². The third-order valence-corrected chi connectivity index (χ3v) is 3.86. The van der Waals surface area contributed by atoms with Crippen molar-refractivity contribution in [2.75, 3.05) is 6.61 Å². The molecule has 1 aromatic heterocycles. The fourth-order valence-corrected chi connectivity index (χ4v) is 2.64. The van der Waals surface area contributed by atoms with E-state index in [4.69, 9.17) is 16.3 Å². The van der Waals surface area contributed by atoms with Gasteiger partial charge in [-0.3, -0.25) is 4.79 Å². The third kappa shape index (κ3) is 3.33. The van der Waals surface area contributed by atoms with E-state index in [0.29, 0.717) is 11.6 Å². The van der Waals surface area contributed by atoms with Crippen molar-refractivity contribution in [2.24, 2.45) is 0 Å². The predicted molar refractivity (Wildman–Crippen MR) is 77.6 cm³/mol. The summed E-state index contributed by atoms with van der Waals surface area (Å²) < 4.78 is 5.00. The summed E-state index contributed by atoms with van der Waals surface area (Å²) in [5, 5.41) is 3.47. The van der Waals surface area contributed by atoms with E-state index in [2.05, 4.69) is 4.98 Å². The summed E-state index contributed by atoms with van der Waals surface area (Å²) in [6.07, 6.45) is 0. The molecular formula is C14H14ClNO2S. The van der Waals surface area contributed by atoms with Gasteiger partial charge in [-0.25, -0.2) is 4.98 Å². The van der Waals surface area contributed by atoms with Gasteiger partial charge >= 0.3 is 5.97 Å². The number of thiazole rings is 1. The highest BCUT2D eigenvalue weighted by Gasteiger charge is 2.19. The van der Waals surface area contributed by atoms with Crippen LogP contribution in [0.3, 0.4) is 0 Å². The maximum Gasteiger partial charge on any atom is 0.314 e. The van der Waals surface area contributed by atoms with Crippen molar-refractivity contribution < 1.29 is 9.53 Å². The second kappa shape index (κ2) is 6.17. The van der Waals surface area contributed by atoms with Crippen LogP contribution in [0, 0.1) is 0 Å². The Balaban J connectivity index is 2.19. The Morgan fingerprint density at radius 2 is 2.11 bits per heavy atom. The maximum absolute atomic E-state index is 11.7. The molecule has 0 N–H and O–H groups in total. The quantitative estimate of drug-likeness (QED) is 0.796. The lowest BCUT2D eigenvalue weighted by atomic mass is 10.1. The van der Waals surface area contributed by atoms with E-state index in [1.165, 1.54) is 11.3 Å². The number of carbonyl (C=O) groups is 1. The van der Waals surface area contributed by atoms with Crippen molar-refractivity contribution in [2.45, 2.75) is 19.8 Å². The zero-order chi connectivity index (χ0) is 13.8. The van der Waals surface area contributed by atoms with E-state index in [1.54, 1.807) is 13.8 Å². The van der Waals surface area contributed by atoms with Gasteiger partial charge in [-0.15, -0.1) is 11.3 Å². The average molecular weight is 296 g/mol. The first-order valence-corrected chi connectivity index (χ1v) is 7.25. The second-order valence-electron chi connectivity index (χ2n) is 4.06. The van der Waals surface area contributed by atoms with Gasteiger partial charge in [-0.2, -0.15) is 0 Å². The molecule has 0 saturated carbocycles. The lowest BCUT2D eigenvalue weighted by molar-refractivity contribution is -0.144. The van der Waals surface area contributed by atoms with Crippen LogP contribution in [-0.4, -0.2) is 17.6 Å². The normalized spacial score (nSPS) is 12.2. The summed E-state index contributed by atoms with van der Waals surface area (Å²) in [5.74, 6) is -0.576. The molecule has 0 fully saturated rings. The van der Waals surface area contributed by atoms with Gasteiger partial charge in [-0.1, -0.05) is 23.7 Å². The topological polar surface area (TPSA) is 39.2 Å². The molecule has 2 aromatic rings. The highest BCUT2D eigenvalue weighted by Crippen LogP contribution is 2.28. The molecule has 1 atom stereocenters. The van der Waals surface area contributed by atoms with Crippen LogP contribution in [0.25, 0.3) is 10.6 Å². The molecule has 100 valence electrons. The Hall–Kier alpha value is -1.39. The summed E-state index contributed by atoms with van der Waals surface area (Å²) in [4.78, 5) is 16.1. The van der Waals surface area contributed by atoms with E-state index in [0.717, 1.165) is 16.3 Å². The van der Waals surface area contributed by atoms with E-state index in [1.807, 2.05) is 29.6 Å². The van der Waals surface area contributed by atoms with Crippen LogP contribution in [0.15, 0.2) is 29.6 Å². The minimum absolute atomic E-state index is 0.240. The van der Waals surface area contributed by atoms with Crippen molar-refractivity contribution in [3.8, 4) is 10.6 Å². The summed E-state index contributed by atoms with van der Waals surface area (Å²) >= 11 is 7.36. The van der Waals surface area contributed by atoms with E-state index < -0.39 is 0 Å². The standard InChI is InChI=1S/C14H14ClNO2S/c1-3-18-14(17)9(2)12-8-19-13(16-12)10-4-6-11(15)7-5-10/h4-9H,3H2,1-2H3. The van der Waals surface area contributed by atoms with Crippen molar-refractivity contribution in [1.82, 2.24) is 4.98 Å². The second-order valence-corrected chi connectivity index (χ2v) is 5.35. The van der Waals surface area contributed by atoms with Crippen LogP contribution in [0.4, 0.5) is 0 Å². The number of hydrogen-bond acceptors (Lipinski definition) is 4. The van der Waals surface area contributed by atoms with Gasteiger partial charge in [0.25, 0.3) is 0 Å². The molecule has 2 rings (SSSR count). The zero-order valence-corrected chi connectivity index (χ0v) is 12.3. The monoisotopic (exact) mass is 295 g/mol. The summed E-state index contributed by atoms with van der Waals surface area (Å²) in [7, 11) is 0. The average Bonchev–Trinajstić information content (AvgIpc) is 2.88. The summed E-state index contributed by atoms with van der Waals surface area (Å²) in [6.45, 7) is 3.99. The number of hydrogen-bond donors (Lipinski definition) is 0. The Bertz CT molecular complexity index is 565. The van der Waals surface area contributed by atoms with Crippen molar-refractivity contribution in [3.05, 3.63) is 40.4 Å². The number of halogens is 1. The molecule has 1 heterocycles. The van der Waals surface area contributed by atoms with Gasteiger partial charge in [0, 0.05) is 16.0 Å². The molecular weight excluding hydrogens is 282 g/mol. The van der Waals surface area contributed by atoms with Gasteiger partial charge in [0.1, 0.15) is 5.01 Å². The Labute approximate surface area is 121 Å². The van der Waals surface area contributed by atoms with E-state index >= 15 is 0 Å². The number of esters is 1. The molecule has 0 aliphatic carbocycles. The van der Waals surface area contributed by atoms with Crippen LogP contribution < -0.4 is 0 Å². The van der Waals surface area contributed by atoms with Crippen LogP contribution in [-0.2, 0) is 9.53 Å². The minimum atomic E-state index is -0.336. The molecule has 0 saturated heterocycles. The number of ether oxygens (including phenoxy) is 1. The third-order valence-electron chi connectivity index (χ3n) is 2.70. The van der Waals surface area contributed by atoms with Crippen LogP contribution in [0.1, 0.15) is 25.5 Å².